The van der Waals surface area contributed by atoms with E-state index in [0.717, 1.165) is 16.5 Å². The van der Waals surface area contributed by atoms with Crippen molar-refractivity contribution >= 4 is 28.4 Å². The zero-order valence-corrected chi connectivity index (χ0v) is 18.0. The maximum Gasteiger partial charge on any atom is 0.255 e. The number of rotatable bonds is 6. The van der Waals surface area contributed by atoms with Crippen LogP contribution in [0.4, 0.5) is 19.1 Å². The van der Waals surface area contributed by atoms with Crippen molar-refractivity contribution in [2.45, 2.75) is 44.3 Å². The molecule has 5 rings (SSSR count). The van der Waals surface area contributed by atoms with Gasteiger partial charge in [0, 0.05) is 48.4 Å². The lowest BCUT2D eigenvalue weighted by molar-refractivity contribution is -0.0794. The maximum atomic E-state index is 13.8. The number of aromatic amines is 1. The number of hydrogen-bond acceptors (Lipinski definition) is 5. The quantitative estimate of drug-likeness (QED) is 0.407. The summed E-state index contributed by atoms with van der Waals surface area (Å²) >= 11 is 0. The number of carbonyl (C=O) groups excluding carboxylic acids is 1. The first-order chi connectivity index (χ1) is 15.6. The Bertz CT molecular complexity index is 1350. The van der Waals surface area contributed by atoms with E-state index >= 15 is 0 Å². The Morgan fingerprint density at radius 2 is 2.12 bits per heavy atom. The Hall–Kier alpha value is -3.63. The van der Waals surface area contributed by atoms with Crippen LogP contribution in [0, 0.1) is 0 Å². The highest BCUT2D eigenvalue weighted by molar-refractivity contribution is 6.02. The van der Waals surface area contributed by atoms with Crippen molar-refractivity contribution in [1.29, 1.82) is 0 Å². The number of alkyl halides is 3. The van der Waals surface area contributed by atoms with Crippen molar-refractivity contribution in [1.82, 2.24) is 29.9 Å². The van der Waals surface area contributed by atoms with Crippen molar-refractivity contribution < 1.29 is 18.0 Å². The number of anilines is 1. The number of amides is 1. The molecule has 0 radical (unpaired) electrons. The van der Waals surface area contributed by atoms with Crippen molar-refractivity contribution in [3.63, 3.8) is 0 Å². The van der Waals surface area contributed by atoms with Gasteiger partial charge in [-0.25, -0.2) is 22.7 Å². The van der Waals surface area contributed by atoms with Crippen molar-refractivity contribution in [2.75, 3.05) is 11.9 Å². The standard InChI is InChI=1S/C22H22F3N7O/c1-21(2,23)11-28-19(33)16-10-29-32-4-3-12(5-17(16)32)14-8-26-18-15(14)9-27-20(31-18)30-13-6-22(24,25)7-13/h3-5,8-10,13H,6-7,11H2,1-2H3,(H,28,33)(H2,26,27,30,31). The van der Waals surface area contributed by atoms with Crippen molar-refractivity contribution in [3.05, 3.63) is 42.5 Å². The predicted octanol–water partition coefficient (Wildman–Crippen LogP) is 3.96. The Balaban J connectivity index is 1.41. The molecule has 33 heavy (non-hydrogen) atoms. The van der Waals surface area contributed by atoms with Gasteiger partial charge in [-0.2, -0.15) is 10.1 Å². The highest BCUT2D eigenvalue weighted by Crippen LogP contribution is 2.39. The lowest BCUT2D eigenvalue weighted by atomic mass is 9.88. The molecule has 0 atom stereocenters. The van der Waals surface area contributed by atoms with E-state index < -0.39 is 17.5 Å². The van der Waals surface area contributed by atoms with E-state index in [9.17, 15) is 18.0 Å². The molecular formula is C22H22F3N7O. The van der Waals surface area contributed by atoms with E-state index in [1.165, 1.54) is 20.0 Å². The highest BCUT2D eigenvalue weighted by atomic mass is 19.3. The van der Waals surface area contributed by atoms with E-state index in [2.05, 4.69) is 30.7 Å². The smallest absolute Gasteiger partial charge is 0.255 e. The van der Waals surface area contributed by atoms with Gasteiger partial charge in [0.15, 0.2) is 0 Å². The average Bonchev–Trinajstić information content (AvgIpc) is 3.33. The molecule has 1 aliphatic carbocycles. The zero-order valence-electron chi connectivity index (χ0n) is 18.0. The fraction of sp³-hybridized carbons (Fsp3) is 0.364. The van der Waals surface area contributed by atoms with Crippen LogP contribution in [0.2, 0.25) is 0 Å². The minimum atomic E-state index is -2.62. The number of pyridine rings is 1. The van der Waals surface area contributed by atoms with Gasteiger partial charge < -0.3 is 15.6 Å². The van der Waals surface area contributed by atoms with Gasteiger partial charge in [0.2, 0.25) is 5.95 Å². The summed E-state index contributed by atoms with van der Waals surface area (Å²) in [6.45, 7) is 2.67. The summed E-state index contributed by atoms with van der Waals surface area (Å²) < 4.78 is 41.5. The molecule has 172 valence electrons. The van der Waals surface area contributed by atoms with Crippen molar-refractivity contribution in [2.24, 2.45) is 0 Å². The molecule has 1 amide bonds. The van der Waals surface area contributed by atoms with Crippen LogP contribution in [-0.2, 0) is 0 Å². The fourth-order valence-corrected chi connectivity index (χ4v) is 3.87. The van der Waals surface area contributed by atoms with Gasteiger partial charge in [0.25, 0.3) is 11.8 Å². The van der Waals surface area contributed by atoms with Gasteiger partial charge in [-0.05, 0) is 31.5 Å². The van der Waals surface area contributed by atoms with Gasteiger partial charge in [-0.15, -0.1) is 0 Å². The van der Waals surface area contributed by atoms with Crippen LogP contribution in [0.3, 0.4) is 0 Å². The number of H-pyrrole nitrogens is 1. The summed E-state index contributed by atoms with van der Waals surface area (Å²) in [7, 11) is 0. The Morgan fingerprint density at radius 3 is 2.85 bits per heavy atom. The Morgan fingerprint density at radius 1 is 1.33 bits per heavy atom. The predicted molar refractivity (Wildman–Crippen MR) is 117 cm³/mol. The molecular weight excluding hydrogens is 435 g/mol. The molecule has 1 fully saturated rings. The monoisotopic (exact) mass is 457 g/mol. The molecule has 8 nitrogen and oxygen atoms in total. The maximum absolute atomic E-state index is 13.8. The van der Waals surface area contributed by atoms with E-state index in [-0.39, 0.29) is 31.4 Å². The fourth-order valence-electron chi connectivity index (χ4n) is 3.87. The lowest BCUT2D eigenvalue weighted by Crippen LogP contribution is -2.44. The molecule has 4 aromatic heterocycles. The Kier molecular flexibility index (Phi) is 4.80. The summed E-state index contributed by atoms with van der Waals surface area (Å²) in [4.78, 5) is 24.3. The van der Waals surface area contributed by atoms with E-state index in [0.29, 0.717) is 16.7 Å². The molecule has 0 spiro atoms. The van der Waals surface area contributed by atoms with E-state index in [4.69, 9.17) is 0 Å². The topological polar surface area (TPSA) is 100 Å². The number of aromatic nitrogens is 5. The first-order valence-corrected chi connectivity index (χ1v) is 10.5. The molecule has 0 aromatic carbocycles. The third-order valence-electron chi connectivity index (χ3n) is 5.60. The second-order valence-corrected chi connectivity index (χ2v) is 8.97. The first kappa shape index (κ1) is 21.2. The normalized spacial score (nSPS) is 16.2. The molecule has 0 saturated heterocycles. The number of fused-ring (bicyclic) bond motifs is 2. The first-order valence-electron chi connectivity index (χ1n) is 10.5. The molecule has 0 unspecified atom stereocenters. The third kappa shape index (κ3) is 4.22. The van der Waals surface area contributed by atoms with Gasteiger partial charge in [-0.1, -0.05) is 0 Å². The molecule has 0 bridgehead atoms. The van der Waals surface area contributed by atoms with Crippen LogP contribution in [-0.4, -0.2) is 54.7 Å². The van der Waals surface area contributed by atoms with Gasteiger partial charge in [0.05, 0.1) is 23.8 Å². The number of nitrogens with zero attached hydrogens (tertiary/aromatic N) is 4. The summed E-state index contributed by atoms with van der Waals surface area (Å²) in [5.41, 5.74) is 1.55. The molecule has 3 N–H and O–H groups in total. The van der Waals surface area contributed by atoms with Gasteiger partial charge in [-0.3, -0.25) is 4.79 Å². The van der Waals surface area contributed by atoms with Gasteiger partial charge >= 0.3 is 0 Å². The van der Waals surface area contributed by atoms with Crippen molar-refractivity contribution in [3.8, 4) is 11.1 Å². The zero-order chi connectivity index (χ0) is 23.4. The molecule has 1 saturated carbocycles. The summed E-state index contributed by atoms with van der Waals surface area (Å²) in [5, 5.41) is 10.5. The number of nitrogens with one attached hydrogen (secondary N) is 3. The number of halogens is 3. The summed E-state index contributed by atoms with van der Waals surface area (Å²) in [5.74, 6) is -2.74. The molecule has 0 aliphatic heterocycles. The molecule has 4 heterocycles. The summed E-state index contributed by atoms with van der Waals surface area (Å²) in [6, 6.07) is 3.31. The molecule has 1 aliphatic rings. The second kappa shape index (κ2) is 7.46. The van der Waals surface area contributed by atoms with Crippen LogP contribution < -0.4 is 10.6 Å². The van der Waals surface area contributed by atoms with Crippen LogP contribution in [0.25, 0.3) is 27.7 Å². The lowest BCUT2D eigenvalue weighted by Gasteiger charge is -2.35. The second-order valence-electron chi connectivity index (χ2n) is 8.97. The Labute approximate surface area is 186 Å². The average molecular weight is 457 g/mol. The van der Waals surface area contributed by atoms with Crippen LogP contribution in [0.5, 0.6) is 0 Å². The number of hydrogen-bond donors (Lipinski definition) is 3. The molecule has 11 heteroatoms. The summed E-state index contributed by atoms with van der Waals surface area (Å²) in [6.07, 6.45) is 6.12. The number of carbonyl (C=O) groups is 1. The third-order valence-corrected chi connectivity index (χ3v) is 5.60. The minimum absolute atomic E-state index is 0.114. The van der Waals surface area contributed by atoms with Crippen LogP contribution >= 0.6 is 0 Å². The van der Waals surface area contributed by atoms with E-state index in [1.807, 2.05) is 12.1 Å². The van der Waals surface area contributed by atoms with Crippen LogP contribution in [0.1, 0.15) is 37.0 Å². The van der Waals surface area contributed by atoms with E-state index in [1.54, 1.807) is 23.1 Å². The largest absolute Gasteiger partial charge is 0.351 e. The highest BCUT2D eigenvalue weighted by Gasteiger charge is 2.45. The SMILES string of the molecule is CC(C)(F)CNC(=O)c1cnn2ccc(-c3c[nH]c4nc(NC5CC(F)(F)C5)ncc34)cc12. The molecule has 4 aromatic rings. The minimum Gasteiger partial charge on any atom is -0.351 e. The van der Waals surface area contributed by atoms with Crippen LogP contribution in [0.15, 0.2) is 36.9 Å². The van der Waals surface area contributed by atoms with Gasteiger partial charge in [0.1, 0.15) is 11.3 Å².